The van der Waals surface area contributed by atoms with E-state index < -0.39 is 0 Å². The lowest BCUT2D eigenvalue weighted by Gasteiger charge is -2.18. The maximum Gasteiger partial charge on any atom is 0.247 e. The highest BCUT2D eigenvalue weighted by Gasteiger charge is 2.15. The molecule has 0 unspecified atom stereocenters. The molecule has 2 aromatic heterocycles. The van der Waals surface area contributed by atoms with Crippen LogP contribution in [0.15, 0.2) is 43.1 Å². The van der Waals surface area contributed by atoms with E-state index in [0.29, 0.717) is 17.6 Å². The van der Waals surface area contributed by atoms with Crippen molar-refractivity contribution in [3.63, 3.8) is 0 Å². The number of nitrogens with one attached hydrogen (secondary N) is 2. The Morgan fingerprint density at radius 2 is 2.07 bits per heavy atom. The van der Waals surface area contributed by atoms with E-state index in [0.717, 1.165) is 36.3 Å². The average molecular weight is 379 g/mol. The van der Waals surface area contributed by atoms with Crippen LogP contribution in [-0.4, -0.2) is 39.1 Å². The molecule has 0 bridgehead atoms. The predicted molar refractivity (Wildman–Crippen MR) is 112 cm³/mol. The van der Waals surface area contributed by atoms with E-state index in [2.05, 4.69) is 41.1 Å². The van der Waals surface area contributed by atoms with Gasteiger partial charge in [0.2, 0.25) is 17.8 Å². The molecule has 3 rings (SSSR count). The Labute approximate surface area is 164 Å². The quantitative estimate of drug-likeness (QED) is 0.583. The Balaban J connectivity index is 2.00. The molecule has 0 atom stereocenters. The van der Waals surface area contributed by atoms with Gasteiger partial charge in [-0.1, -0.05) is 26.5 Å². The van der Waals surface area contributed by atoms with Crippen LogP contribution in [0.2, 0.25) is 0 Å². The standard InChI is InChI=1S/C20H25N7O/c1-5-11-26(4)19-24-18-14(6-2)13-21-27(18)20(25-19)23-16-10-8-9-15(12-16)22-17(28)7-3/h7-10,12-13H,3,5-6,11H2,1-2,4H3,(H,22,28)(H,23,24,25). The van der Waals surface area contributed by atoms with Crippen molar-refractivity contribution < 1.29 is 4.79 Å². The summed E-state index contributed by atoms with van der Waals surface area (Å²) >= 11 is 0. The second-order valence-corrected chi connectivity index (χ2v) is 6.43. The van der Waals surface area contributed by atoms with E-state index in [1.807, 2.05) is 42.4 Å². The van der Waals surface area contributed by atoms with Crippen molar-refractivity contribution in [1.82, 2.24) is 19.6 Å². The van der Waals surface area contributed by atoms with Crippen molar-refractivity contribution in [3.05, 3.63) is 48.7 Å². The van der Waals surface area contributed by atoms with Gasteiger partial charge >= 0.3 is 0 Å². The van der Waals surface area contributed by atoms with Crippen molar-refractivity contribution in [2.45, 2.75) is 26.7 Å². The smallest absolute Gasteiger partial charge is 0.247 e. The largest absolute Gasteiger partial charge is 0.344 e. The molecule has 0 saturated heterocycles. The minimum Gasteiger partial charge on any atom is -0.344 e. The topological polar surface area (TPSA) is 87.5 Å². The molecule has 3 aromatic rings. The highest BCUT2D eigenvalue weighted by atomic mass is 16.1. The first-order chi connectivity index (χ1) is 13.5. The van der Waals surface area contributed by atoms with Crippen LogP contribution in [-0.2, 0) is 11.2 Å². The number of aromatic nitrogens is 4. The fourth-order valence-corrected chi connectivity index (χ4v) is 2.85. The van der Waals surface area contributed by atoms with Crippen LogP contribution >= 0.6 is 0 Å². The number of carbonyl (C=O) groups excluding carboxylic acids is 1. The van der Waals surface area contributed by atoms with Crippen molar-refractivity contribution in [1.29, 1.82) is 0 Å². The van der Waals surface area contributed by atoms with Gasteiger partial charge in [0.05, 0.1) is 6.20 Å². The van der Waals surface area contributed by atoms with Crippen LogP contribution in [0.3, 0.4) is 0 Å². The van der Waals surface area contributed by atoms with Gasteiger partial charge in [-0.3, -0.25) is 4.79 Å². The molecule has 1 aromatic carbocycles. The van der Waals surface area contributed by atoms with Gasteiger partial charge in [-0.25, -0.2) is 0 Å². The number of fused-ring (bicyclic) bond motifs is 1. The SMILES string of the molecule is C=CC(=O)Nc1cccc(Nc2nc(N(C)CCC)nc3c(CC)cnn23)c1. The van der Waals surface area contributed by atoms with E-state index in [1.54, 1.807) is 4.52 Å². The fraction of sp³-hybridized carbons (Fsp3) is 0.300. The molecular formula is C20H25N7O. The summed E-state index contributed by atoms with van der Waals surface area (Å²) in [5.41, 5.74) is 3.29. The molecule has 8 heteroatoms. The van der Waals surface area contributed by atoms with E-state index in [9.17, 15) is 4.79 Å². The summed E-state index contributed by atoms with van der Waals surface area (Å²) in [5, 5.41) is 10.5. The minimum atomic E-state index is -0.260. The first-order valence-electron chi connectivity index (χ1n) is 9.32. The van der Waals surface area contributed by atoms with Gasteiger partial charge in [0.15, 0.2) is 5.65 Å². The van der Waals surface area contributed by atoms with Gasteiger partial charge < -0.3 is 15.5 Å². The summed E-state index contributed by atoms with van der Waals surface area (Å²) in [6.07, 6.45) is 4.89. The molecule has 0 radical (unpaired) electrons. The minimum absolute atomic E-state index is 0.260. The average Bonchev–Trinajstić information content (AvgIpc) is 3.11. The second-order valence-electron chi connectivity index (χ2n) is 6.43. The highest BCUT2D eigenvalue weighted by molar-refractivity contribution is 5.99. The molecule has 0 spiro atoms. The van der Waals surface area contributed by atoms with Gasteiger partial charge in [0, 0.05) is 30.5 Å². The van der Waals surface area contributed by atoms with Crippen LogP contribution < -0.4 is 15.5 Å². The normalized spacial score (nSPS) is 10.7. The molecule has 0 aliphatic carbocycles. The van der Waals surface area contributed by atoms with E-state index >= 15 is 0 Å². The summed E-state index contributed by atoms with van der Waals surface area (Å²) in [6.45, 7) is 8.52. The Hall–Kier alpha value is -3.42. The lowest BCUT2D eigenvalue weighted by molar-refractivity contribution is -0.111. The number of anilines is 4. The summed E-state index contributed by atoms with van der Waals surface area (Å²) < 4.78 is 1.71. The lowest BCUT2D eigenvalue weighted by Crippen LogP contribution is -2.22. The summed E-state index contributed by atoms with van der Waals surface area (Å²) in [7, 11) is 1.98. The third-order valence-electron chi connectivity index (χ3n) is 4.28. The molecule has 0 saturated carbocycles. The first-order valence-corrected chi connectivity index (χ1v) is 9.32. The molecule has 8 nitrogen and oxygen atoms in total. The molecule has 1 amide bonds. The Morgan fingerprint density at radius 3 is 2.79 bits per heavy atom. The monoisotopic (exact) mass is 379 g/mol. The summed E-state index contributed by atoms with van der Waals surface area (Å²) in [6, 6.07) is 7.39. The maximum atomic E-state index is 11.6. The van der Waals surface area contributed by atoms with Crippen molar-refractivity contribution in [2.24, 2.45) is 0 Å². The second kappa shape index (κ2) is 8.51. The van der Waals surface area contributed by atoms with Crippen LogP contribution in [0, 0.1) is 0 Å². The van der Waals surface area contributed by atoms with Gasteiger partial charge in [-0.05, 0) is 37.1 Å². The Bertz CT molecular complexity index is 995. The predicted octanol–water partition coefficient (Wildman–Crippen LogP) is 3.40. The molecule has 28 heavy (non-hydrogen) atoms. The number of amides is 1. The summed E-state index contributed by atoms with van der Waals surface area (Å²) in [4.78, 5) is 23.0. The van der Waals surface area contributed by atoms with Crippen LogP contribution in [0.1, 0.15) is 25.8 Å². The van der Waals surface area contributed by atoms with Gasteiger partial charge in [0.25, 0.3) is 0 Å². The van der Waals surface area contributed by atoms with E-state index in [4.69, 9.17) is 4.98 Å². The van der Waals surface area contributed by atoms with Crippen LogP contribution in [0.5, 0.6) is 0 Å². The third-order valence-corrected chi connectivity index (χ3v) is 4.28. The van der Waals surface area contributed by atoms with Crippen molar-refractivity contribution >= 4 is 34.8 Å². The highest BCUT2D eigenvalue weighted by Crippen LogP contribution is 2.23. The number of benzene rings is 1. The number of rotatable bonds is 8. The molecule has 0 fully saturated rings. The van der Waals surface area contributed by atoms with Crippen LogP contribution in [0.4, 0.5) is 23.3 Å². The number of hydrogen-bond acceptors (Lipinski definition) is 6. The van der Waals surface area contributed by atoms with E-state index in [1.165, 1.54) is 6.08 Å². The zero-order chi connectivity index (χ0) is 20.1. The molecule has 0 aliphatic heterocycles. The maximum absolute atomic E-state index is 11.6. The van der Waals surface area contributed by atoms with Gasteiger partial charge in [-0.15, -0.1) is 0 Å². The Kier molecular flexibility index (Phi) is 5.88. The number of hydrogen-bond donors (Lipinski definition) is 2. The third kappa shape index (κ3) is 4.11. The molecule has 146 valence electrons. The van der Waals surface area contributed by atoms with Crippen LogP contribution in [0.25, 0.3) is 5.65 Å². The number of aryl methyl sites for hydroxylation is 1. The zero-order valence-electron chi connectivity index (χ0n) is 16.4. The zero-order valence-corrected chi connectivity index (χ0v) is 16.4. The number of nitrogens with zero attached hydrogens (tertiary/aromatic N) is 5. The summed E-state index contributed by atoms with van der Waals surface area (Å²) in [5.74, 6) is 0.947. The Morgan fingerprint density at radius 1 is 1.29 bits per heavy atom. The number of carbonyl (C=O) groups is 1. The molecule has 2 N–H and O–H groups in total. The van der Waals surface area contributed by atoms with Gasteiger partial charge in [0.1, 0.15) is 0 Å². The van der Waals surface area contributed by atoms with Crippen molar-refractivity contribution in [3.8, 4) is 0 Å². The molecule has 0 aliphatic rings. The fourth-order valence-electron chi connectivity index (χ4n) is 2.85. The lowest BCUT2D eigenvalue weighted by atomic mass is 10.2. The molecular weight excluding hydrogens is 354 g/mol. The molecule has 2 heterocycles. The first kappa shape index (κ1) is 19.3. The van der Waals surface area contributed by atoms with Crippen molar-refractivity contribution in [2.75, 3.05) is 29.1 Å². The van der Waals surface area contributed by atoms with E-state index in [-0.39, 0.29) is 5.91 Å². The van der Waals surface area contributed by atoms with Gasteiger partial charge in [-0.2, -0.15) is 19.6 Å².